The molecule has 0 amide bonds. The van der Waals surface area contributed by atoms with Crippen LogP contribution in [-0.2, 0) is 25.4 Å². The number of aromatic nitrogens is 5. The van der Waals surface area contributed by atoms with Crippen molar-refractivity contribution in [2.45, 2.75) is 32.4 Å². The predicted octanol–water partition coefficient (Wildman–Crippen LogP) is 4.37. The second kappa shape index (κ2) is 7.54. The zero-order valence-electron chi connectivity index (χ0n) is 16.9. The number of fused-ring (bicyclic) bond motifs is 2. The minimum Gasteiger partial charge on any atom is -0.493 e. The normalized spacial score (nSPS) is 13.4. The first-order valence-electron chi connectivity index (χ1n) is 9.98. The van der Waals surface area contributed by atoms with Crippen LogP contribution in [0.1, 0.15) is 28.2 Å². The lowest BCUT2D eigenvalue weighted by atomic mass is 9.99. The van der Waals surface area contributed by atoms with Crippen LogP contribution < -0.4 is 4.74 Å². The summed E-state index contributed by atoms with van der Waals surface area (Å²) in [6.45, 7) is 2.20. The van der Waals surface area contributed by atoms with Gasteiger partial charge in [0.1, 0.15) is 29.4 Å². The monoisotopic (exact) mass is 443 g/mol. The average Bonchev–Trinajstić information content (AvgIpc) is 3.42. The van der Waals surface area contributed by atoms with Gasteiger partial charge < -0.3 is 4.74 Å². The Bertz CT molecular complexity index is 1330. The summed E-state index contributed by atoms with van der Waals surface area (Å²) in [4.78, 5) is 7.94. The first-order chi connectivity index (χ1) is 15.3. The molecule has 0 atom stereocenters. The molecular formula is C22H17F4N5O. The molecule has 5 rings (SSSR count). The number of aryl methyl sites for hydroxylation is 2. The Morgan fingerprint density at radius 3 is 2.75 bits per heavy atom. The van der Waals surface area contributed by atoms with Gasteiger partial charge in [0, 0.05) is 36.4 Å². The van der Waals surface area contributed by atoms with E-state index in [1.165, 1.54) is 24.8 Å². The van der Waals surface area contributed by atoms with Crippen molar-refractivity contribution < 1.29 is 22.3 Å². The van der Waals surface area contributed by atoms with Crippen molar-refractivity contribution in [3.63, 3.8) is 0 Å². The van der Waals surface area contributed by atoms with Gasteiger partial charge in [0.25, 0.3) is 0 Å². The maximum atomic E-state index is 14.5. The first-order valence-corrected chi connectivity index (χ1v) is 9.98. The molecule has 0 radical (unpaired) electrons. The van der Waals surface area contributed by atoms with Gasteiger partial charge in [0.2, 0.25) is 0 Å². The van der Waals surface area contributed by atoms with Gasteiger partial charge in [-0.1, -0.05) is 0 Å². The topological polar surface area (TPSA) is 65.2 Å². The van der Waals surface area contributed by atoms with E-state index in [1.54, 1.807) is 17.4 Å². The van der Waals surface area contributed by atoms with Gasteiger partial charge in [0.05, 0.1) is 6.61 Å². The Labute approximate surface area is 179 Å². The number of alkyl halides is 3. The second-order valence-corrected chi connectivity index (χ2v) is 7.60. The molecule has 10 heteroatoms. The average molecular weight is 443 g/mol. The molecule has 1 aliphatic rings. The van der Waals surface area contributed by atoms with E-state index in [2.05, 4.69) is 20.2 Å². The standard InChI is InChI=1S/C22H17F4N5O/c1-12-9-27-19(22(24,25)26)8-15(12)16-10-28-20(31-11-29-30-21(16)31)5-2-13-14-6-7-32-18(14)4-3-17(13)23/h3-4,8-11H,2,5-7H2,1H3. The molecule has 4 aromatic rings. The maximum Gasteiger partial charge on any atom is 0.433 e. The summed E-state index contributed by atoms with van der Waals surface area (Å²) in [6.07, 6.45) is 0.993. The Balaban J connectivity index is 1.52. The molecule has 1 aromatic carbocycles. The van der Waals surface area contributed by atoms with Gasteiger partial charge in [-0.3, -0.25) is 9.38 Å². The van der Waals surface area contributed by atoms with Crippen LogP contribution in [0.15, 0.2) is 36.9 Å². The smallest absolute Gasteiger partial charge is 0.433 e. The fraction of sp³-hybridized carbons (Fsp3) is 0.273. The lowest BCUT2D eigenvalue weighted by Crippen LogP contribution is -2.09. The van der Waals surface area contributed by atoms with Crippen LogP contribution in [0.4, 0.5) is 17.6 Å². The SMILES string of the molecule is Cc1cnc(C(F)(F)F)cc1-c1cnc(CCc2c(F)ccc3c2CCO3)n2cnnc12. The number of pyridine rings is 1. The largest absolute Gasteiger partial charge is 0.493 e. The molecule has 1 aliphatic heterocycles. The van der Waals surface area contributed by atoms with Crippen LogP contribution in [0.5, 0.6) is 5.75 Å². The number of benzene rings is 1. The van der Waals surface area contributed by atoms with E-state index in [4.69, 9.17) is 4.74 Å². The maximum absolute atomic E-state index is 14.5. The van der Waals surface area contributed by atoms with Crippen LogP contribution in [0, 0.1) is 12.7 Å². The van der Waals surface area contributed by atoms with Crippen LogP contribution >= 0.6 is 0 Å². The van der Waals surface area contributed by atoms with Gasteiger partial charge in [-0.15, -0.1) is 10.2 Å². The van der Waals surface area contributed by atoms with E-state index in [-0.39, 0.29) is 5.82 Å². The van der Waals surface area contributed by atoms with Crippen LogP contribution in [0.25, 0.3) is 16.8 Å². The highest BCUT2D eigenvalue weighted by Crippen LogP contribution is 2.34. The number of nitrogens with zero attached hydrogens (tertiary/aromatic N) is 5. The highest BCUT2D eigenvalue weighted by Gasteiger charge is 2.33. The first kappa shape index (κ1) is 20.3. The van der Waals surface area contributed by atoms with Gasteiger partial charge in [-0.2, -0.15) is 13.2 Å². The summed E-state index contributed by atoms with van der Waals surface area (Å²) in [5.74, 6) is 0.984. The molecular weight excluding hydrogens is 426 g/mol. The molecule has 6 nitrogen and oxygen atoms in total. The molecule has 3 aromatic heterocycles. The molecule has 0 bridgehead atoms. The molecule has 0 fully saturated rings. The molecule has 4 heterocycles. The number of hydrogen-bond donors (Lipinski definition) is 0. The van der Waals surface area contributed by atoms with Crippen molar-refractivity contribution in [2.24, 2.45) is 0 Å². The minimum absolute atomic E-state index is 0.294. The van der Waals surface area contributed by atoms with Crippen molar-refractivity contribution in [2.75, 3.05) is 6.61 Å². The predicted molar refractivity (Wildman–Crippen MR) is 107 cm³/mol. The highest BCUT2D eigenvalue weighted by atomic mass is 19.4. The number of halogens is 4. The number of rotatable bonds is 4. The van der Waals surface area contributed by atoms with Crippen molar-refractivity contribution in [3.05, 3.63) is 70.9 Å². The van der Waals surface area contributed by atoms with Gasteiger partial charge in [0.15, 0.2) is 5.65 Å². The van der Waals surface area contributed by atoms with Crippen LogP contribution in [-0.4, -0.2) is 31.2 Å². The second-order valence-electron chi connectivity index (χ2n) is 7.60. The zero-order valence-corrected chi connectivity index (χ0v) is 16.9. The molecule has 0 unspecified atom stereocenters. The Hall–Kier alpha value is -3.56. The summed E-state index contributed by atoms with van der Waals surface area (Å²) >= 11 is 0. The summed E-state index contributed by atoms with van der Waals surface area (Å²) in [5, 5.41) is 8.02. The van der Waals surface area contributed by atoms with Crippen molar-refractivity contribution in [1.29, 1.82) is 0 Å². The van der Waals surface area contributed by atoms with Gasteiger partial charge in [-0.25, -0.2) is 9.37 Å². The zero-order chi connectivity index (χ0) is 22.5. The summed E-state index contributed by atoms with van der Waals surface area (Å²) in [5.41, 5.74) is 2.14. The van der Waals surface area contributed by atoms with E-state index in [1.807, 2.05) is 0 Å². The van der Waals surface area contributed by atoms with Crippen molar-refractivity contribution in [3.8, 4) is 16.9 Å². The molecule has 0 saturated carbocycles. The van der Waals surface area contributed by atoms with Gasteiger partial charge >= 0.3 is 6.18 Å². The third-order valence-corrected chi connectivity index (χ3v) is 5.63. The fourth-order valence-corrected chi connectivity index (χ4v) is 4.03. The molecule has 32 heavy (non-hydrogen) atoms. The molecule has 0 aliphatic carbocycles. The molecule has 0 spiro atoms. The Morgan fingerprint density at radius 1 is 1.09 bits per heavy atom. The van der Waals surface area contributed by atoms with Gasteiger partial charge in [-0.05, 0) is 48.2 Å². The fourth-order valence-electron chi connectivity index (χ4n) is 4.03. The summed E-state index contributed by atoms with van der Waals surface area (Å²) in [6, 6.07) is 4.02. The van der Waals surface area contributed by atoms with Crippen molar-refractivity contribution in [1.82, 2.24) is 24.6 Å². The summed E-state index contributed by atoms with van der Waals surface area (Å²) < 4.78 is 61.1. The molecule has 0 N–H and O–H groups in total. The molecule has 164 valence electrons. The lowest BCUT2D eigenvalue weighted by molar-refractivity contribution is -0.141. The Morgan fingerprint density at radius 2 is 1.94 bits per heavy atom. The van der Waals surface area contributed by atoms with E-state index in [0.29, 0.717) is 65.3 Å². The van der Waals surface area contributed by atoms with Crippen LogP contribution in [0.2, 0.25) is 0 Å². The van der Waals surface area contributed by atoms with E-state index in [9.17, 15) is 17.6 Å². The third-order valence-electron chi connectivity index (χ3n) is 5.63. The van der Waals surface area contributed by atoms with E-state index in [0.717, 1.165) is 11.6 Å². The minimum atomic E-state index is -4.57. The third kappa shape index (κ3) is 3.45. The van der Waals surface area contributed by atoms with E-state index < -0.39 is 11.9 Å². The number of ether oxygens (including phenoxy) is 1. The van der Waals surface area contributed by atoms with Crippen molar-refractivity contribution >= 4 is 5.65 Å². The summed E-state index contributed by atoms with van der Waals surface area (Å²) in [7, 11) is 0. The van der Waals surface area contributed by atoms with E-state index >= 15 is 0 Å². The quantitative estimate of drug-likeness (QED) is 0.438. The lowest BCUT2D eigenvalue weighted by Gasteiger charge is -2.13. The Kier molecular flexibility index (Phi) is 4.79. The molecule has 0 saturated heterocycles. The highest BCUT2D eigenvalue weighted by molar-refractivity contribution is 5.78. The van der Waals surface area contributed by atoms with Crippen LogP contribution in [0.3, 0.4) is 0 Å². The number of hydrogen-bond acceptors (Lipinski definition) is 5.